The van der Waals surface area contributed by atoms with Crippen LogP contribution in [0.5, 0.6) is 0 Å². The lowest BCUT2D eigenvalue weighted by Gasteiger charge is -2.37. The van der Waals surface area contributed by atoms with Crippen LogP contribution >= 0.6 is 0 Å². The highest BCUT2D eigenvalue weighted by Crippen LogP contribution is 2.41. The molecular weight excluding hydrogens is 192 g/mol. The van der Waals surface area contributed by atoms with Crippen molar-refractivity contribution < 1.29 is 14.3 Å². The van der Waals surface area contributed by atoms with Crippen LogP contribution in [0.2, 0.25) is 0 Å². The Morgan fingerprint density at radius 3 is 3.07 bits per heavy atom. The van der Waals surface area contributed by atoms with Crippen molar-refractivity contribution in [3.8, 4) is 0 Å². The predicted octanol–water partition coefficient (Wildman–Crippen LogP) is 2.29. The van der Waals surface area contributed by atoms with Gasteiger partial charge >= 0.3 is 5.97 Å². The Labute approximate surface area is 91.1 Å². The summed E-state index contributed by atoms with van der Waals surface area (Å²) in [6, 6.07) is 0. The zero-order valence-electron chi connectivity index (χ0n) is 9.62. The topological polar surface area (TPSA) is 35.5 Å². The molecule has 3 atom stereocenters. The maximum Gasteiger partial charge on any atom is 0.309 e. The fraction of sp³-hybridized carbons (Fsp3) is 0.917. The Kier molecular flexibility index (Phi) is 3.01. The quantitative estimate of drug-likeness (QED) is 0.659. The number of esters is 1. The highest BCUT2D eigenvalue weighted by atomic mass is 16.6. The number of fused-ring (bicyclic) bond motifs is 2. The van der Waals surface area contributed by atoms with Crippen molar-refractivity contribution >= 4 is 5.97 Å². The summed E-state index contributed by atoms with van der Waals surface area (Å²) in [7, 11) is 0. The largest absolute Gasteiger partial charge is 0.462 e. The van der Waals surface area contributed by atoms with Gasteiger partial charge in [0.05, 0.1) is 11.5 Å². The Morgan fingerprint density at radius 1 is 1.53 bits per heavy atom. The molecule has 86 valence electrons. The normalized spacial score (nSPS) is 40.8. The van der Waals surface area contributed by atoms with Gasteiger partial charge in [-0.05, 0) is 39.5 Å². The third-order valence-corrected chi connectivity index (χ3v) is 3.56. The molecule has 15 heavy (non-hydrogen) atoms. The molecule has 3 heteroatoms. The highest BCUT2D eigenvalue weighted by molar-refractivity contribution is 5.73. The minimum Gasteiger partial charge on any atom is -0.462 e. The third kappa shape index (κ3) is 2.17. The van der Waals surface area contributed by atoms with Gasteiger partial charge in [0, 0.05) is 13.0 Å². The number of carbonyl (C=O) groups excluding carboxylic acids is 1. The van der Waals surface area contributed by atoms with Crippen LogP contribution < -0.4 is 0 Å². The first kappa shape index (κ1) is 10.9. The Morgan fingerprint density at radius 2 is 2.33 bits per heavy atom. The SMILES string of the molecule is CCOC12CCCC(C1)C(=O)OC(C)C2. The maximum atomic E-state index is 11.7. The molecule has 0 aromatic rings. The molecular formula is C12H20O3. The van der Waals surface area contributed by atoms with Gasteiger partial charge in [0.15, 0.2) is 0 Å². The zero-order chi connectivity index (χ0) is 10.9. The summed E-state index contributed by atoms with van der Waals surface area (Å²) in [6.07, 6.45) is 4.88. The lowest BCUT2D eigenvalue weighted by molar-refractivity contribution is -0.152. The summed E-state index contributed by atoms with van der Waals surface area (Å²) in [5, 5.41) is 0. The molecule has 0 aromatic carbocycles. The summed E-state index contributed by atoms with van der Waals surface area (Å²) < 4.78 is 11.3. The first-order chi connectivity index (χ1) is 7.15. The molecule has 0 radical (unpaired) electrons. The van der Waals surface area contributed by atoms with E-state index >= 15 is 0 Å². The monoisotopic (exact) mass is 212 g/mol. The molecule has 1 saturated carbocycles. The smallest absolute Gasteiger partial charge is 0.309 e. The summed E-state index contributed by atoms with van der Waals surface area (Å²) in [5.41, 5.74) is -0.0801. The fourth-order valence-corrected chi connectivity index (χ4v) is 3.07. The lowest BCUT2D eigenvalue weighted by atomic mass is 9.76. The van der Waals surface area contributed by atoms with E-state index in [-0.39, 0.29) is 23.6 Å². The number of hydrogen-bond donors (Lipinski definition) is 0. The van der Waals surface area contributed by atoms with Crippen molar-refractivity contribution in [2.45, 2.75) is 57.7 Å². The predicted molar refractivity (Wildman–Crippen MR) is 56.5 cm³/mol. The average Bonchev–Trinajstić information content (AvgIpc) is 2.24. The van der Waals surface area contributed by atoms with Crippen LogP contribution in [-0.4, -0.2) is 24.3 Å². The first-order valence-electron chi connectivity index (χ1n) is 6.00. The van der Waals surface area contributed by atoms with Crippen molar-refractivity contribution in [1.29, 1.82) is 0 Å². The number of ether oxygens (including phenoxy) is 2. The number of carbonyl (C=O) groups is 1. The molecule has 0 amide bonds. The van der Waals surface area contributed by atoms with Crippen molar-refractivity contribution in [3.05, 3.63) is 0 Å². The number of cyclic esters (lactones) is 1. The molecule has 0 aromatic heterocycles. The van der Waals surface area contributed by atoms with E-state index in [9.17, 15) is 4.79 Å². The van der Waals surface area contributed by atoms with Gasteiger partial charge < -0.3 is 9.47 Å². The first-order valence-corrected chi connectivity index (χ1v) is 6.00. The fourth-order valence-electron chi connectivity index (χ4n) is 3.07. The van der Waals surface area contributed by atoms with Gasteiger partial charge in [0.1, 0.15) is 6.10 Å². The molecule has 1 saturated heterocycles. The average molecular weight is 212 g/mol. The molecule has 0 N–H and O–H groups in total. The molecule has 2 fully saturated rings. The second-order valence-electron chi connectivity index (χ2n) is 4.86. The minimum absolute atomic E-state index is 0.00662. The molecule has 2 aliphatic rings. The van der Waals surface area contributed by atoms with Crippen molar-refractivity contribution in [2.24, 2.45) is 5.92 Å². The van der Waals surface area contributed by atoms with Crippen molar-refractivity contribution in [3.63, 3.8) is 0 Å². The number of rotatable bonds is 2. The lowest BCUT2D eigenvalue weighted by Crippen LogP contribution is -2.39. The van der Waals surface area contributed by atoms with Crippen LogP contribution in [-0.2, 0) is 14.3 Å². The van der Waals surface area contributed by atoms with Crippen molar-refractivity contribution in [1.82, 2.24) is 0 Å². The van der Waals surface area contributed by atoms with E-state index in [0.29, 0.717) is 0 Å². The standard InChI is InChI=1S/C12H20O3/c1-3-14-12-6-4-5-10(8-12)11(13)15-9(2)7-12/h9-10H,3-8H2,1-2H3. The van der Waals surface area contributed by atoms with Crippen LogP contribution in [0.25, 0.3) is 0 Å². The van der Waals surface area contributed by atoms with E-state index in [1.807, 2.05) is 13.8 Å². The van der Waals surface area contributed by atoms with Crippen LogP contribution in [0.15, 0.2) is 0 Å². The van der Waals surface area contributed by atoms with E-state index < -0.39 is 0 Å². The van der Waals surface area contributed by atoms with Gasteiger partial charge in [-0.2, -0.15) is 0 Å². The van der Waals surface area contributed by atoms with Gasteiger partial charge in [-0.3, -0.25) is 4.79 Å². The van der Waals surface area contributed by atoms with Gasteiger partial charge in [-0.15, -0.1) is 0 Å². The van der Waals surface area contributed by atoms with Crippen LogP contribution in [0, 0.1) is 5.92 Å². The van der Waals surface area contributed by atoms with Crippen LogP contribution in [0.3, 0.4) is 0 Å². The van der Waals surface area contributed by atoms with E-state index in [0.717, 1.165) is 38.7 Å². The van der Waals surface area contributed by atoms with Gasteiger partial charge in [0.25, 0.3) is 0 Å². The zero-order valence-corrected chi connectivity index (χ0v) is 9.62. The molecule has 3 unspecified atom stereocenters. The van der Waals surface area contributed by atoms with E-state index in [1.54, 1.807) is 0 Å². The Bertz CT molecular complexity index is 247. The Balaban J connectivity index is 2.18. The maximum absolute atomic E-state index is 11.7. The highest BCUT2D eigenvalue weighted by Gasteiger charge is 2.44. The molecule has 0 spiro atoms. The second kappa shape index (κ2) is 4.12. The minimum atomic E-state index is -0.0801. The summed E-state index contributed by atoms with van der Waals surface area (Å²) in [5.74, 6) is 0.0685. The van der Waals surface area contributed by atoms with Gasteiger partial charge in [-0.1, -0.05) is 0 Å². The van der Waals surface area contributed by atoms with Gasteiger partial charge in [-0.25, -0.2) is 0 Å². The van der Waals surface area contributed by atoms with Gasteiger partial charge in [0.2, 0.25) is 0 Å². The molecule has 1 aliphatic heterocycles. The Hall–Kier alpha value is -0.570. The van der Waals surface area contributed by atoms with E-state index in [1.165, 1.54) is 0 Å². The van der Waals surface area contributed by atoms with E-state index in [2.05, 4.69) is 0 Å². The number of hydrogen-bond acceptors (Lipinski definition) is 3. The summed E-state index contributed by atoms with van der Waals surface area (Å²) in [6.45, 7) is 4.73. The van der Waals surface area contributed by atoms with Crippen molar-refractivity contribution in [2.75, 3.05) is 6.61 Å². The van der Waals surface area contributed by atoms with E-state index in [4.69, 9.17) is 9.47 Å². The molecule has 3 nitrogen and oxygen atoms in total. The summed E-state index contributed by atoms with van der Waals surface area (Å²) >= 11 is 0. The summed E-state index contributed by atoms with van der Waals surface area (Å²) in [4.78, 5) is 11.7. The van der Waals surface area contributed by atoms with Crippen LogP contribution in [0.4, 0.5) is 0 Å². The molecule has 2 bridgehead atoms. The molecule has 1 aliphatic carbocycles. The third-order valence-electron chi connectivity index (χ3n) is 3.56. The molecule has 2 rings (SSSR count). The second-order valence-corrected chi connectivity index (χ2v) is 4.86. The molecule has 1 heterocycles. The van der Waals surface area contributed by atoms with Crippen LogP contribution in [0.1, 0.15) is 46.0 Å².